The Labute approximate surface area is 90.2 Å². The summed E-state index contributed by atoms with van der Waals surface area (Å²) < 4.78 is 0. The van der Waals surface area contributed by atoms with Gasteiger partial charge in [-0.05, 0) is 40.5 Å². The summed E-state index contributed by atoms with van der Waals surface area (Å²) in [5, 5.41) is 4.24. The minimum atomic E-state index is 0.642. The molecular weight excluding hydrogens is 172 g/mol. The number of quaternary nitrogens is 1. The zero-order valence-corrected chi connectivity index (χ0v) is 10.9. The fraction of sp³-hybridized carbons (Fsp3) is 1.00. The molecule has 1 N–H and O–H groups in total. The molecule has 0 amide bonds. The third-order valence-corrected chi connectivity index (χ3v) is 2.55. The molecule has 0 unspecified atom stereocenters. The molecule has 86 valence electrons. The molecule has 14 heavy (non-hydrogen) atoms. The van der Waals surface area contributed by atoms with Crippen LogP contribution in [0.5, 0.6) is 0 Å². The number of nitrogens with one attached hydrogen (secondary N) is 1. The van der Waals surface area contributed by atoms with Crippen LogP contribution in [0.4, 0.5) is 0 Å². The monoisotopic (exact) mass is 201 g/mol. The number of hydrogen-bond donors (Lipinski definition) is 1. The molecule has 0 aliphatic heterocycles. The minimum Gasteiger partial charge on any atom is -0.254 e. The molecular formula is C12H29N2+. The number of rotatable bonds is 7. The zero-order chi connectivity index (χ0) is 11.1. The fourth-order valence-electron chi connectivity index (χ4n) is 2.29. The lowest BCUT2D eigenvalue weighted by molar-refractivity contribution is -1.02. The van der Waals surface area contributed by atoms with Crippen molar-refractivity contribution in [3.05, 3.63) is 0 Å². The molecule has 0 aliphatic rings. The first-order chi connectivity index (χ1) is 6.54. The average Bonchev–Trinajstić information content (AvgIpc) is 2.03. The van der Waals surface area contributed by atoms with E-state index in [9.17, 15) is 0 Å². The molecule has 0 rings (SSSR count). The van der Waals surface area contributed by atoms with E-state index in [1.165, 1.54) is 25.9 Å². The van der Waals surface area contributed by atoms with Crippen molar-refractivity contribution in [2.45, 2.75) is 66.5 Å². The molecule has 0 spiro atoms. The summed E-state index contributed by atoms with van der Waals surface area (Å²) in [7, 11) is 0. The maximum Gasteiger partial charge on any atom is 0.0945 e. The summed E-state index contributed by atoms with van der Waals surface area (Å²) in [6, 6.07) is 1.28. The zero-order valence-electron chi connectivity index (χ0n) is 10.9. The SMILES string of the molecule is CCC[NH+](CCC)N(C(C)C)C(C)C. The van der Waals surface area contributed by atoms with Gasteiger partial charge in [-0.25, -0.2) is 0 Å². The molecule has 0 aromatic rings. The minimum absolute atomic E-state index is 0.642. The lowest BCUT2D eigenvalue weighted by Gasteiger charge is -2.36. The van der Waals surface area contributed by atoms with Crippen LogP contribution in [-0.4, -0.2) is 30.2 Å². The first-order valence-corrected chi connectivity index (χ1v) is 6.17. The van der Waals surface area contributed by atoms with Gasteiger partial charge in [0.1, 0.15) is 0 Å². The van der Waals surface area contributed by atoms with Gasteiger partial charge in [0, 0.05) is 0 Å². The second-order valence-electron chi connectivity index (χ2n) is 4.66. The second kappa shape index (κ2) is 7.24. The number of nitrogens with zero attached hydrogens (tertiary/aromatic N) is 1. The van der Waals surface area contributed by atoms with Crippen molar-refractivity contribution < 1.29 is 5.01 Å². The van der Waals surface area contributed by atoms with Crippen LogP contribution >= 0.6 is 0 Å². The van der Waals surface area contributed by atoms with Gasteiger partial charge < -0.3 is 0 Å². The van der Waals surface area contributed by atoms with Gasteiger partial charge in [-0.15, -0.1) is 0 Å². The summed E-state index contributed by atoms with van der Waals surface area (Å²) in [4.78, 5) is 0. The van der Waals surface area contributed by atoms with Gasteiger partial charge in [0.2, 0.25) is 0 Å². The van der Waals surface area contributed by atoms with Crippen molar-refractivity contribution in [2.24, 2.45) is 0 Å². The van der Waals surface area contributed by atoms with E-state index in [2.05, 4.69) is 46.6 Å². The summed E-state index contributed by atoms with van der Waals surface area (Å²) >= 11 is 0. The quantitative estimate of drug-likeness (QED) is 0.616. The maximum absolute atomic E-state index is 2.59. The van der Waals surface area contributed by atoms with Crippen molar-refractivity contribution in [1.29, 1.82) is 0 Å². The van der Waals surface area contributed by atoms with Crippen molar-refractivity contribution in [2.75, 3.05) is 13.1 Å². The van der Waals surface area contributed by atoms with Crippen molar-refractivity contribution >= 4 is 0 Å². The van der Waals surface area contributed by atoms with Crippen LogP contribution in [0.25, 0.3) is 0 Å². The Balaban J connectivity index is 4.37. The lowest BCUT2D eigenvalue weighted by atomic mass is 10.2. The van der Waals surface area contributed by atoms with Crippen LogP contribution in [0, 0.1) is 0 Å². The summed E-state index contributed by atoms with van der Waals surface area (Å²) in [6.45, 7) is 16.3. The average molecular weight is 201 g/mol. The predicted octanol–water partition coefficient (Wildman–Crippen LogP) is 1.73. The Morgan fingerprint density at radius 2 is 1.21 bits per heavy atom. The number of hydrogen-bond acceptors (Lipinski definition) is 1. The van der Waals surface area contributed by atoms with Crippen molar-refractivity contribution in [3.63, 3.8) is 0 Å². The topological polar surface area (TPSA) is 7.68 Å². The highest BCUT2D eigenvalue weighted by atomic mass is 15.6. The van der Waals surface area contributed by atoms with Crippen LogP contribution in [0.2, 0.25) is 0 Å². The van der Waals surface area contributed by atoms with Crippen LogP contribution in [-0.2, 0) is 0 Å². The first-order valence-electron chi connectivity index (χ1n) is 6.17. The molecule has 2 heteroatoms. The van der Waals surface area contributed by atoms with Crippen LogP contribution < -0.4 is 5.01 Å². The molecule has 0 saturated carbocycles. The predicted molar refractivity (Wildman–Crippen MR) is 63.4 cm³/mol. The first kappa shape index (κ1) is 13.9. The van der Waals surface area contributed by atoms with Gasteiger partial charge in [0.05, 0.1) is 25.2 Å². The molecule has 0 heterocycles. The normalized spacial score (nSPS) is 12.4. The highest BCUT2D eigenvalue weighted by molar-refractivity contribution is 4.56. The molecule has 0 saturated heterocycles. The van der Waals surface area contributed by atoms with Gasteiger partial charge >= 0.3 is 0 Å². The third kappa shape index (κ3) is 4.43. The third-order valence-electron chi connectivity index (χ3n) is 2.55. The molecule has 0 aromatic carbocycles. The maximum atomic E-state index is 2.59. The highest BCUT2D eigenvalue weighted by Crippen LogP contribution is 1.97. The Morgan fingerprint density at radius 1 is 0.857 bits per heavy atom. The molecule has 0 radical (unpaired) electrons. The Bertz CT molecular complexity index is 118. The standard InChI is InChI=1S/C12H28N2/c1-7-9-13(10-8-2)14(11(3)4)12(5)6/h11-12H,7-10H2,1-6H3/p+1. The van der Waals surface area contributed by atoms with Crippen molar-refractivity contribution in [3.8, 4) is 0 Å². The van der Waals surface area contributed by atoms with E-state index in [1.54, 1.807) is 5.01 Å². The van der Waals surface area contributed by atoms with E-state index < -0.39 is 0 Å². The smallest absolute Gasteiger partial charge is 0.0945 e. The van der Waals surface area contributed by atoms with Gasteiger partial charge in [0.15, 0.2) is 0 Å². The molecule has 2 nitrogen and oxygen atoms in total. The van der Waals surface area contributed by atoms with Crippen LogP contribution in [0.3, 0.4) is 0 Å². The Morgan fingerprint density at radius 3 is 1.43 bits per heavy atom. The van der Waals surface area contributed by atoms with E-state index >= 15 is 0 Å². The van der Waals surface area contributed by atoms with Gasteiger partial charge in [-0.1, -0.05) is 13.8 Å². The highest BCUT2D eigenvalue weighted by Gasteiger charge is 2.23. The van der Waals surface area contributed by atoms with E-state index in [-0.39, 0.29) is 0 Å². The second-order valence-corrected chi connectivity index (χ2v) is 4.66. The van der Waals surface area contributed by atoms with E-state index in [1.807, 2.05) is 0 Å². The Hall–Kier alpha value is -0.0800. The largest absolute Gasteiger partial charge is 0.254 e. The van der Waals surface area contributed by atoms with Crippen LogP contribution in [0.1, 0.15) is 54.4 Å². The van der Waals surface area contributed by atoms with Gasteiger partial charge in [0.25, 0.3) is 0 Å². The molecule has 0 bridgehead atoms. The van der Waals surface area contributed by atoms with E-state index in [4.69, 9.17) is 0 Å². The van der Waals surface area contributed by atoms with E-state index in [0.29, 0.717) is 12.1 Å². The van der Waals surface area contributed by atoms with Crippen molar-refractivity contribution in [1.82, 2.24) is 5.01 Å². The molecule has 0 aromatic heterocycles. The summed E-state index contributed by atoms with van der Waals surface area (Å²) in [5.41, 5.74) is 0. The van der Waals surface area contributed by atoms with Gasteiger partial charge in [-0.2, -0.15) is 5.01 Å². The molecule has 0 aliphatic carbocycles. The molecule has 0 atom stereocenters. The fourth-order valence-corrected chi connectivity index (χ4v) is 2.29. The molecule has 0 fully saturated rings. The van der Waals surface area contributed by atoms with Crippen LogP contribution in [0.15, 0.2) is 0 Å². The lowest BCUT2D eigenvalue weighted by Crippen LogP contribution is -3.19. The summed E-state index contributed by atoms with van der Waals surface area (Å²) in [6.07, 6.45) is 2.54. The summed E-state index contributed by atoms with van der Waals surface area (Å²) in [5.74, 6) is 0. The Kier molecular flexibility index (Phi) is 7.20. The van der Waals surface area contributed by atoms with Gasteiger partial charge in [-0.3, -0.25) is 5.01 Å². The van der Waals surface area contributed by atoms with E-state index in [0.717, 1.165) is 0 Å².